The van der Waals surface area contributed by atoms with Crippen LogP contribution in [0.1, 0.15) is 81.0 Å². The van der Waals surface area contributed by atoms with Crippen molar-refractivity contribution < 1.29 is 27.8 Å². The normalized spacial score (nSPS) is 33.7. The fourth-order valence-electron chi connectivity index (χ4n) is 8.31. The Bertz CT molecular complexity index is 1060. The molecule has 1 N–H and O–H groups in total. The SMILES string of the molecule is COC(=O)C[C@@H]1CCN(c2ccc(C(=O)N[C@H]3C4CC5CC3C[C@](OC(F)F)(C5)C4)c(SC3CCCC3)n2)C1. The fourth-order valence-corrected chi connectivity index (χ4v) is 9.63. The molecule has 3 atom stereocenters. The first-order chi connectivity index (χ1) is 18.8. The van der Waals surface area contributed by atoms with Gasteiger partial charge in [0, 0.05) is 24.4 Å². The minimum atomic E-state index is -2.75. The third kappa shape index (κ3) is 5.78. The summed E-state index contributed by atoms with van der Waals surface area (Å²) in [5.74, 6) is 1.55. The van der Waals surface area contributed by atoms with Gasteiger partial charge in [0.2, 0.25) is 0 Å². The van der Waals surface area contributed by atoms with Gasteiger partial charge < -0.3 is 19.7 Å². The Kier molecular flexibility index (Phi) is 7.79. The van der Waals surface area contributed by atoms with Crippen LogP contribution in [0.15, 0.2) is 17.2 Å². The van der Waals surface area contributed by atoms with Gasteiger partial charge in [-0.15, -0.1) is 11.8 Å². The highest BCUT2D eigenvalue weighted by Crippen LogP contribution is 2.57. The molecule has 4 bridgehead atoms. The Hall–Kier alpha value is -1.94. The molecule has 2 heterocycles. The predicted molar refractivity (Wildman–Crippen MR) is 144 cm³/mol. The Morgan fingerprint density at radius 1 is 1.15 bits per heavy atom. The van der Waals surface area contributed by atoms with Gasteiger partial charge in [0.05, 0.1) is 24.7 Å². The Morgan fingerprint density at radius 2 is 1.90 bits per heavy atom. The molecule has 6 fully saturated rings. The maximum atomic E-state index is 13.7. The number of alkyl halides is 2. The largest absolute Gasteiger partial charge is 0.469 e. The standard InChI is InChI=1S/C29H39F2N3O4S/c1-37-24(35)12-17-8-9-34(16-17)23-7-6-22(27(32-23)39-21-4-2-3-5-21)26(36)33-25-19-10-18-11-20(25)15-29(13-18,14-19)38-28(30)31/h6-7,17-21,25,28H,2-5,8-16H2,1H3,(H,33,36)/t17-,18?,19?,20?,25-,29-/m0/s1. The number of aromatic nitrogens is 1. The molecule has 1 saturated heterocycles. The molecule has 214 valence electrons. The van der Waals surface area contributed by atoms with Gasteiger partial charge in [-0.05, 0) is 87.2 Å². The molecule has 5 aliphatic carbocycles. The van der Waals surface area contributed by atoms with E-state index in [1.807, 2.05) is 12.1 Å². The van der Waals surface area contributed by atoms with E-state index in [9.17, 15) is 18.4 Å². The summed E-state index contributed by atoms with van der Waals surface area (Å²) in [4.78, 5) is 32.7. The monoisotopic (exact) mass is 563 g/mol. The number of anilines is 1. The number of carbonyl (C=O) groups excluding carboxylic acids is 2. The van der Waals surface area contributed by atoms with Crippen molar-refractivity contribution in [2.24, 2.45) is 23.7 Å². The number of carbonyl (C=O) groups is 2. The average molecular weight is 564 g/mol. The number of nitrogens with zero attached hydrogens (tertiary/aromatic N) is 2. The molecular weight excluding hydrogens is 524 g/mol. The second kappa shape index (κ2) is 11.1. The van der Waals surface area contributed by atoms with Gasteiger partial charge in [-0.1, -0.05) is 12.8 Å². The van der Waals surface area contributed by atoms with E-state index < -0.39 is 12.2 Å². The molecular formula is C29H39F2N3O4S. The predicted octanol–water partition coefficient (Wildman–Crippen LogP) is 5.42. The van der Waals surface area contributed by atoms with Crippen LogP contribution in [0.25, 0.3) is 0 Å². The number of pyridine rings is 1. The number of methoxy groups -OCH3 is 1. The van der Waals surface area contributed by atoms with Crippen molar-refractivity contribution in [1.29, 1.82) is 0 Å². The zero-order chi connectivity index (χ0) is 27.1. The summed E-state index contributed by atoms with van der Waals surface area (Å²) in [7, 11) is 1.42. The second-order valence-corrected chi connectivity index (χ2v) is 13.7. The number of halogens is 2. The summed E-state index contributed by atoms with van der Waals surface area (Å²) in [6.07, 6.45) is 9.83. The molecule has 10 heteroatoms. The van der Waals surface area contributed by atoms with Crippen molar-refractivity contribution >= 4 is 29.5 Å². The molecule has 7 nitrogen and oxygen atoms in total. The van der Waals surface area contributed by atoms with Crippen LogP contribution in [0.4, 0.5) is 14.6 Å². The first-order valence-electron chi connectivity index (χ1n) is 14.6. The van der Waals surface area contributed by atoms with E-state index in [0.717, 1.165) is 62.5 Å². The minimum absolute atomic E-state index is 0.00915. The van der Waals surface area contributed by atoms with Crippen molar-refractivity contribution in [3.8, 4) is 0 Å². The highest BCUT2D eigenvalue weighted by atomic mass is 32.2. The van der Waals surface area contributed by atoms with Crippen molar-refractivity contribution in [1.82, 2.24) is 10.3 Å². The number of amides is 1. The van der Waals surface area contributed by atoms with Gasteiger partial charge in [0.1, 0.15) is 10.8 Å². The van der Waals surface area contributed by atoms with Crippen LogP contribution in [0.3, 0.4) is 0 Å². The van der Waals surface area contributed by atoms with Gasteiger partial charge in [-0.3, -0.25) is 9.59 Å². The van der Waals surface area contributed by atoms with E-state index in [0.29, 0.717) is 36.0 Å². The lowest BCUT2D eigenvalue weighted by molar-refractivity contribution is -0.260. The van der Waals surface area contributed by atoms with E-state index in [4.69, 9.17) is 14.5 Å². The fraction of sp³-hybridized carbons (Fsp3) is 0.759. The number of thioether (sulfide) groups is 1. The zero-order valence-electron chi connectivity index (χ0n) is 22.6. The number of nitrogens with one attached hydrogen (secondary N) is 1. The van der Waals surface area contributed by atoms with Crippen molar-refractivity contribution in [3.05, 3.63) is 17.7 Å². The molecule has 2 unspecified atom stereocenters. The smallest absolute Gasteiger partial charge is 0.345 e. The number of ether oxygens (including phenoxy) is 2. The lowest BCUT2D eigenvalue weighted by atomic mass is 9.52. The number of hydrogen-bond donors (Lipinski definition) is 1. The molecule has 7 rings (SSSR count). The third-order valence-corrected chi connectivity index (χ3v) is 11.2. The molecule has 0 aromatic carbocycles. The summed E-state index contributed by atoms with van der Waals surface area (Å²) >= 11 is 1.72. The molecule has 5 saturated carbocycles. The Balaban J connectivity index is 1.18. The quantitative estimate of drug-likeness (QED) is 0.402. The third-order valence-electron chi connectivity index (χ3n) is 9.82. The molecule has 39 heavy (non-hydrogen) atoms. The van der Waals surface area contributed by atoms with Crippen LogP contribution >= 0.6 is 11.8 Å². The van der Waals surface area contributed by atoms with E-state index in [2.05, 4.69) is 10.2 Å². The summed E-state index contributed by atoms with van der Waals surface area (Å²) in [5, 5.41) is 4.57. The average Bonchev–Trinajstić information content (AvgIpc) is 3.57. The first-order valence-corrected chi connectivity index (χ1v) is 15.4. The lowest BCUT2D eigenvalue weighted by Crippen LogP contribution is -2.62. The van der Waals surface area contributed by atoms with Crippen LogP contribution in [0.2, 0.25) is 0 Å². The molecule has 1 aliphatic heterocycles. The van der Waals surface area contributed by atoms with E-state index in [1.165, 1.54) is 20.0 Å². The van der Waals surface area contributed by atoms with Gasteiger partial charge >= 0.3 is 12.6 Å². The Labute approximate surface area is 233 Å². The highest BCUT2D eigenvalue weighted by molar-refractivity contribution is 7.99. The summed E-state index contributed by atoms with van der Waals surface area (Å²) < 4.78 is 36.4. The highest BCUT2D eigenvalue weighted by Gasteiger charge is 2.57. The van der Waals surface area contributed by atoms with Crippen molar-refractivity contribution in [2.45, 2.75) is 99.2 Å². The topological polar surface area (TPSA) is 80.8 Å². The van der Waals surface area contributed by atoms with Gasteiger partial charge in [0.25, 0.3) is 5.91 Å². The van der Waals surface area contributed by atoms with Crippen LogP contribution in [-0.4, -0.2) is 60.6 Å². The molecule has 1 aromatic heterocycles. The van der Waals surface area contributed by atoms with Crippen molar-refractivity contribution in [2.75, 3.05) is 25.1 Å². The first kappa shape index (κ1) is 27.2. The molecule has 1 amide bonds. The van der Waals surface area contributed by atoms with E-state index in [1.54, 1.807) is 11.8 Å². The van der Waals surface area contributed by atoms with Crippen LogP contribution < -0.4 is 10.2 Å². The summed E-state index contributed by atoms with van der Waals surface area (Å²) in [6, 6.07) is 3.82. The maximum absolute atomic E-state index is 13.7. The van der Waals surface area contributed by atoms with E-state index >= 15 is 0 Å². The van der Waals surface area contributed by atoms with E-state index in [-0.39, 0.29) is 35.7 Å². The molecule has 6 aliphatic rings. The summed E-state index contributed by atoms with van der Waals surface area (Å²) in [5.41, 5.74) is -0.117. The van der Waals surface area contributed by atoms with Gasteiger partial charge in [0.15, 0.2) is 0 Å². The Morgan fingerprint density at radius 3 is 2.59 bits per heavy atom. The maximum Gasteiger partial charge on any atom is 0.345 e. The van der Waals surface area contributed by atoms with Crippen LogP contribution in [0.5, 0.6) is 0 Å². The summed E-state index contributed by atoms with van der Waals surface area (Å²) in [6.45, 7) is -1.18. The molecule has 0 spiro atoms. The number of hydrogen-bond acceptors (Lipinski definition) is 7. The van der Waals surface area contributed by atoms with Gasteiger partial charge in [-0.2, -0.15) is 8.78 Å². The van der Waals surface area contributed by atoms with Crippen LogP contribution in [-0.2, 0) is 14.3 Å². The zero-order valence-corrected chi connectivity index (χ0v) is 23.4. The minimum Gasteiger partial charge on any atom is -0.469 e. The lowest BCUT2D eigenvalue weighted by Gasteiger charge is -2.59. The number of esters is 1. The molecule has 1 aromatic rings. The second-order valence-electron chi connectivity index (χ2n) is 12.5. The number of rotatable bonds is 9. The van der Waals surface area contributed by atoms with Crippen LogP contribution in [0, 0.1) is 23.7 Å². The van der Waals surface area contributed by atoms with Gasteiger partial charge in [-0.25, -0.2) is 4.98 Å². The molecule has 0 radical (unpaired) electrons. The van der Waals surface area contributed by atoms with Crippen molar-refractivity contribution in [3.63, 3.8) is 0 Å².